The smallest absolute Gasteiger partial charge is 0.251 e. The largest absolute Gasteiger partial charge is 0.352 e. The second-order valence-corrected chi connectivity index (χ2v) is 6.37. The van der Waals surface area contributed by atoms with Crippen molar-refractivity contribution in [1.82, 2.24) is 20.2 Å². The summed E-state index contributed by atoms with van der Waals surface area (Å²) in [6.07, 6.45) is 0. The van der Waals surface area contributed by atoms with Gasteiger partial charge in [-0.3, -0.25) is 9.59 Å². The fraction of sp³-hybridized carbons (Fsp3) is 0.250. The van der Waals surface area contributed by atoms with E-state index < -0.39 is 0 Å². The molecule has 0 saturated heterocycles. The van der Waals surface area contributed by atoms with Crippen molar-refractivity contribution in [2.75, 3.05) is 0 Å². The van der Waals surface area contributed by atoms with Crippen LogP contribution in [0.3, 0.4) is 0 Å². The molecule has 0 atom stereocenters. The molecule has 0 aliphatic heterocycles. The summed E-state index contributed by atoms with van der Waals surface area (Å²) in [7, 11) is 0. The zero-order valence-corrected chi connectivity index (χ0v) is 14.9. The van der Waals surface area contributed by atoms with E-state index in [1.54, 1.807) is 12.1 Å². The van der Waals surface area contributed by atoms with Crippen LogP contribution in [-0.2, 0) is 17.9 Å². The van der Waals surface area contributed by atoms with Gasteiger partial charge in [0.15, 0.2) is 0 Å². The van der Waals surface area contributed by atoms with Gasteiger partial charge in [0.25, 0.3) is 5.91 Å². The van der Waals surface area contributed by atoms with Crippen molar-refractivity contribution >= 4 is 22.8 Å². The van der Waals surface area contributed by atoms with Crippen molar-refractivity contribution in [2.24, 2.45) is 0 Å². The summed E-state index contributed by atoms with van der Waals surface area (Å²) in [4.78, 5) is 29.1. The van der Waals surface area contributed by atoms with Gasteiger partial charge in [0.2, 0.25) is 5.91 Å². The number of carbonyl (C=O) groups excluding carboxylic acids is 2. The molecule has 0 unspecified atom stereocenters. The van der Waals surface area contributed by atoms with Crippen molar-refractivity contribution in [1.29, 1.82) is 0 Å². The van der Waals surface area contributed by atoms with Gasteiger partial charge in [0.1, 0.15) is 12.4 Å². The summed E-state index contributed by atoms with van der Waals surface area (Å²) < 4.78 is 1.85. The number of benzene rings is 2. The topological polar surface area (TPSA) is 76.0 Å². The minimum Gasteiger partial charge on any atom is -0.352 e. The lowest BCUT2D eigenvalue weighted by atomic mass is 10.2. The summed E-state index contributed by atoms with van der Waals surface area (Å²) in [5.41, 5.74) is 2.26. The number of hydrogen-bond donors (Lipinski definition) is 2. The molecular weight excluding hydrogens is 328 g/mol. The lowest BCUT2D eigenvalue weighted by Crippen LogP contribution is -2.34. The van der Waals surface area contributed by atoms with Crippen LogP contribution >= 0.6 is 0 Å². The number of fused-ring (bicyclic) bond motifs is 1. The molecule has 0 bridgehead atoms. The SMILES string of the molecule is CC(C)NC(=O)Cn1c(CNC(=O)c2ccccc2)nc2ccccc21. The van der Waals surface area contributed by atoms with Crippen LogP contribution in [0.2, 0.25) is 0 Å². The number of aromatic nitrogens is 2. The molecule has 2 amide bonds. The quantitative estimate of drug-likeness (QED) is 0.717. The summed E-state index contributed by atoms with van der Waals surface area (Å²) in [6, 6.07) is 16.7. The van der Waals surface area contributed by atoms with Gasteiger partial charge in [-0.1, -0.05) is 30.3 Å². The standard InChI is InChI=1S/C20H22N4O2/c1-14(2)22-19(25)13-24-17-11-7-6-10-16(17)23-18(24)12-21-20(26)15-8-4-3-5-9-15/h3-11,14H,12-13H2,1-2H3,(H,21,26)(H,22,25). The third-order valence-corrected chi connectivity index (χ3v) is 3.93. The molecule has 134 valence electrons. The van der Waals surface area contributed by atoms with Crippen LogP contribution < -0.4 is 10.6 Å². The van der Waals surface area contributed by atoms with Crippen molar-refractivity contribution in [3.63, 3.8) is 0 Å². The van der Waals surface area contributed by atoms with Crippen molar-refractivity contribution in [3.05, 3.63) is 66.0 Å². The van der Waals surface area contributed by atoms with Crippen LogP contribution in [0, 0.1) is 0 Å². The number of amides is 2. The van der Waals surface area contributed by atoms with Gasteiger partial charge >= 0.3 is 0 Å². The number of carbonyl (C=O) groups is 2. The zero-order valence-electron chi connectivity index (χ0n) is 14.9. The number of rotatable bonds is 6. The highest BCUT2D eigenvalue weighted by Gasteiger charge is 2.15. The molecule has 3 rings (SSSR count). The van der Waals surface area contributed by atoms with E-state index in [2.05, 4.69) is 15.6 Å². The third kappa shape index (κ3) is 4.08. The van der Waals surface area contributed by atoms with E-state index in [1.165, 1.54) is 0 Å². The zero-order chi connectivity index (χ0) is 18.5. The molecule has 6 heteroatoms. The van der Waals surface area contributed by atoms with Gasteiger partial charge in [-0.25, -0.2) is 4.98 Å². The van der Waals surface area contributed by atoms with E-state index in [-0.39, 0.29) is 30.9 Å². The monoisotopic (exact) mass is 350 g/mol. The van der Waals surface area contributed by atoms with Crippen LogP contribution in [0.4, 0.5) is 0 Å². The van der Waals surface area contributed by atoms with Gasteiger partial charge in [0.05, 0.1) is 17.6 Å². The summed E-state index contributed by atoms with van der Waals surface area (Å²) >= 11 is 0. The lowest BCUT2D eigenvalue weighted by Gasteiger charge is -2.12. The van der Waals surface area contributed by atoms with Gasteiger partial charge in [-0.2, -0.15) is 0 Å². The molecule has 0 spiro atoms. The second-order valence-electron chi connectivity index (χ2n) is 6.37. The maximum atomic E-state index is 12.3. The minimum absolute atomic E-state index is 0.0681. The molecular formula is C20H22N4O2. The Morgan fingerprint density at radius 1 is 1.04 bits per heavy atom. The lowest BCUT2D eigenvalue weighted by molar-refractivity contribution is -0.122. The average Bonchev–Trinajstić information content (AvgIpc) is 2.97. The Morgan fingerprint density at radius 2 is 1.73 bits per heavy atom. The highest BCUT2D eigenvalue weighted by atomic mass is 16.2. The predicted octanol–water partition coefficient (Wildman–Crippen LogP) is 2.49. The van der Waals surface area contributed by atoms with Crippen LogP contribution in [0.15, 0.2) is 54.6 Å². The molecule has 0 fully saturated rings. The highest BCUT2D eigenvalue weighted by Crippen LogP contribution is 2.16. The molecule has 0 saturated carbocycles. The molecule has 3 aromatic rings. The number of nitrogens with zero attached hydrogens (tertiary/aromatic N) is 2. The summed E-state index contributed by atoms with van der Waals surface area (Å²) in [6.45, 7) is 4.25. The molecule has 0 aliphatic carbocycles. The van der Waals surface area contributed by atoms with E-state index in [0.717, 1.165) is 11.0 Å². The molecule has 0 radical (unpaired) electrons. The maximum Gasteiger partial charge on any atom is 0.251 e. The van der Waals surface area contributed by atoms with Crippen LogP contribution in [0.25, 0.3) is 11.0 Å². The molecule has 1 aromatic heterocycles. The second kappa shape index (κ2) is 7.82. The molecule has 0 aliphatic rings. The van der Waals surface area contributed by atoms with Crippen molar-refractivity contribution in [3.8, 4) is 0 Å². The maximum absolute atomic E-state index is 12.3. The predicted molar refractivity (Wildman–Crippen MR) is 101 cm³/mol. The Labute approximate surface area is 152 Å². The van der Waals surface area contributed by atoms with E-state index in [1.807, 2.05) is 60.9 Å². The Balaban J connectivity index is 1.81. The first-order valence-corrected chi connectivity index (χ1v) is 8.61. The first-order valence-electron chi connectivity index (χ1n) is 8.61. The van der Waals surface area contributed by atoms with Crippen molar-refractivity contribution in [2.45, 2.75) is 33.0 Å². The Bertz CT molecular complexity index is 916. The molecule has 6 nitrogen and oxygen atoms in total. The van der Waals surface area contributed by atoms with E-state index in [0.29, 0.717) is 11.4 Å². The van der Waals surface area contributed by atoms with Gasteiger partial charge in [-0.15, -0.1) is 0 Å². The third-order valence-electron chi connectivity index (χ3n) is 3.93. The average molecular weight is 350 g/mol. The normalized spacial score (nSPS) is 10.9. The molecule has 2 N–H and O–H groups in total. The summed E-state index contributed by atoms with van der Waals surface area (Å²) in [5.74, 6) is 0.393. The Morgan fingerprint density at radius 3 is 2.46 bits per heavy atom. The van der Waals surface area contributed by atoms with Crippen LogP contribution in [0.5, 0.6) is 0 Å². The molecule has 2 aromatic carbocycles. The van der Waals surface area contributed by atoms with E-state index in [4.69, 9.17) is 0 Å². The number of nitrogens with one attached hydrogen (secondary N) is 2. The Hall–Kier alpha value is -3.15. The Kier molecular flexibility index (Phi) is 5.31. The van der Waals surface area contributed by atoms with Gasteiger partial charge in [0, 0.05) is 11.6 Å². The first kappa shape index (κ1) is 17.7. The fourth-order valence-corrected chi connectivity index (χ4v) is 2.80. The number of imidazole rings is 1. The molecule has 26 heavy (non-hydrogen) atoms. The highest BCUT2D eigenvalue weighted by molar-refractivity contribution is 5.94. The molecule has 1 heterocycles. The van der Waals surface area contributed by atoms with Gasteiger partial charge < -0.3 is 15.2 Å². The summed E-state index contributed by atoms with van der Waals surface area (Å²) in [5, 5.41) is 5.77. The van der Waals surface area contributed by atoms with Crippen LogP contribution in [-0.4, -0.2) is 27.4 Å². The first-order chi connectivity index (χ1) is 12.5. The number of hydrogen-bond acceptors (Lipinski definition) is 3. The van der Waals surface area contributed by atoms with Crippen LogP contribution in [0.1, 0.15) is 30.0 Å². The number of para-hydroxylation sites is 2. The van der Waals surface area contributed by atoms with E-state index in [9.17, 15) is 9.59 Å². The fourth-order valence-electron chi connectivity index (χ4n) is 2.80. The minimum atomic E-state index is -0.171. The van der Waals surface area contributed by atoms with Crippen molar-refractivity contribution < 1.29 is 9.59 Å². The van der Waals surface area contributed by atoms with E-state index >= 15 is 0 Å². The van der Waals surface area contributed by atoms with Gasteiger partial charge in [-0.05, 0) is 38.1 Å².